The third kappa shape index (κ3) is 5.29. The Labute approximate surface area is 174 Å². The van der Waals surface area contributed by atoms with Crippen molar-refractivity contribution in [3.8, 4) is 0 Å². The third-order valence-corrected chi connectivity index (χ3v) is 14.4. The summed E-state index contributed by atoms with van der Waals surface area (Å²) >= 11 is 0. The van der Waals surface area contributed by atoms with Gasteiger partial charge in [-0.15, -0.1) is 0 Å². The van der Waals surface area contributed by atoms with E-state index in [4.69, 9.17) is 0 Å². The maximum absolute atomic E-state index is 13.7. The second kappa shape index (κ2) is 11.0. The molecule has 28 heavy (non-hydrogen) atoms. The van der Waals surface area contributed by atoms with Gasteiger partial charge >= 0.3 is 174 Å². The molecule has 162 valence electrons. The predicted octanol–water partition coefficient (Wildman–Crippen LogP) is 7.93. The second-order valence-corrected chi connectivity index (χ2v) is 14.6. The van der Waals surface area contributed by atoms with Crippen molar-refractivity contribution in [3.05, 3.63) is 29.1 Å². The molecule has 2 rings (SSSR count). The van der Waals surface area contributed by atoms with Crippen molar-refractivity contribution in [1.29, 1.82) is 0 Å². The zero-order valence-electron chi connectivity index (χ0n) is 19.2. The van der Waals surface area contributed by atoms with Gasteiger partial charge < -0.3 is 0 Å². The third-order valence-electron chi connectivity index (χ3n) is 7.56. The molecule has 1 aromatic rings. The summed E-state index contributed by atoms with van der Waals surface area (Å²) in [4.78, 5) is 0. The quantitative estimate of drug-likeness (QED) is 0.326. The summed E-state index contributed by atoms with van der Waals surface area (Å²) in [5.74, 6) is -0.114. The molecule has 1 aromatic carbocycles. The molecule has 1 nitrogen and oxygen atoms in total. The Bertz CT molecular complexity index is 564. The van der Waals surface area contributed by atoms with Crippen molar-refractivity contribution in [3.63, 3.8) is 0 Å². The number of benzene rings is 1. The molecule has 0 aliphatic heterocycles. The zero-order chi connectivity index (χ0) is 20.6. The standard InChI is InChI=1S/C25H45FNP/c1-6-9-15-28(16-10-7-2,17-11-8-3)25(13-12-14-25)20-27-24-21(4)18-23(26)19-22(24)5/h18-19,27-28H,6-17,20H2,1-5H3. The first-order valence-electron chi connectivity index (χ1n) is 11.9. The van der Waals surface area contributed by atoms with Gasteiger partial charge in [-0.25, -0.2) is 0 Å². The number of rotatable bonds is 13. The first-order valence-corrected chi connectivity index (χ1v) is 14.6. The van der Waals surface area contributed by atoms with E-state index in [9.17, 15) is 4.39 Å². The fourth-order valence-corrected chi connectivity index (χ4v) is 13.0. The molecule has 0 spiro atoms. The Kier molecular flexibility index (Phi) is 9.26. The first-order chi connectivity index (χ1) is 13.4. The summed E-state index contributed by atoms with van der Waals surface area (Å²) in [7, 11) is -1.36. The molecule has 0 heterocycles. The van der Waals surface area contributed by atoms with Crippen LogP contribution in [0.15, 0.2) is 12.1 Å². The van der Waals surface area contributed by atoms with E-state index in [1.165, 1.54) is 82.0 Å². The molecule has 0 aromatic heterocycles. The molecule has 1 aliphatic carbocycles. The molecule has 0 atom stereocenters. The van der Waals surface area contributed by atoms with Crippen LogP contribution in [0.1, 0.15) is 89.7 Å². The van der Waals surface area contributed by atoms with E-state index >= 15 is 0 Å². The molecule has 0 amide bonds. The van der Waals surface area contributed by atoms with Crippen LogP contribution in [-0.4, -0.2) is 30.2 Å². The second-order valence-electron chi connectivity index (χ2n) is 9.49. The normalized spacial score (nSPS) is 16.6. The molecule has 1 aliphatic rings. The van der Waals surface area contributed by atoms with Gasteiger partial charge in [-0.05, 0) is 0 Å². The van der Waals surface area contributed by atoms with Crippen molar-refractivity contribution in [2.24, 2.45) is 0 Å². The van der Waals surface area contributed by atoms with Crippen LogP contribution in [0.5, 0.6) is 0 Å². The van der Waals surface area contributed by atoms with Crippen LogP contribution in [0.3, 0.4) is 0 Å². The SMILES string of the molecule is CCCC[PH](CCCC)(CCCC)C1(CNc2c(C)cc(F)cc2C)CCC1. The average Bonchev–Trinajstić information content (AvgIpc) is 2.62. The first kappa shape index (κ1) is 23.7. The van der Waals surface area contributed by atoms with Crippen molar-refractivity contribution in [2.75, 3.05) is 30.3 Å². The molecule has 0 radical (unpaired) electrons. The number of unbranched alkanes of at least 4 members (excludes halogenated alkanes) is 3. The summed E-state index contributed by atoms with van der Waals surface area (Å²) in [5.41, 5.74) is 3.28. The average molecular weight is 410 g/mol. The van der Waals surface area contributed by atoms with Crippen LogP contribution >= 0.6 is 7.26 Å². The Morgan fingerprint density at radius 3 is 1.71 bits per heavy atom. The van der Waals surface area contributed by atoms with Crippen LogP contribution in [0, 0.1) is 19.7 Å². The van der Waals surface area contributed by atoms with E-state index in [0.29, 0.717) is 5.16 Å². The Morgan fingerprint density at radius 2 is 1.36 bits per heavy atom. The molecule has 1 fully saturated rings. The number of nitrogens with one attached hydrogen (secondary N) is 1. The van der Waals surface area contributed by atoms with E-state index in [0.717, 1.165) is 17.7 Å². The van der Waals surface area contributed by atoms with Gasteiger partial charge in [-0.3, -0.25) is 0 Å². The molecular formula is C25H45FNP. The van der Waals surface area contributed by atoms with Crippen LogP contribution in [-0.2, 0) is 0 Å². The Hall–Kier alpha value is -0.620. The summed E-state index contributed by atoms with van der Waals surface area (Å²) in [6.45, 7) is 12.3. The molecule has 0 saturated heterocycles. The van der Waals surface area contributed by atoms with Gasteiger partial charge in [0.2, 0.25) is 0 Å². The Balaban J connectivity index is 2.28. The maximum atomic E-state index is 13.7. The molecule has 1 N–H and O–H groups in total. The van der Waals surface area contributed by atoms with E-state index < -0.39 is 7.26 Å². The van der Waals surface area contributed by atoms with Crippen molar-refractivity contribution >= 4 is 12.9 Å². The molecule has 1 saturated carbocycles. The van der Waals surface area contributed by atoms with E-state index in [2.05, 4.69) is 26.1 Å². The van der Waals surface area contributed by atoms with Gasteiger partial charge in [0.05, 0.1) is 0 Å². The van der Waals surface area contributed by atoms with Gasteiger partial charge in [-0.1, -0.05) is 0 Å². The number of halogens is 1. The number of hydrogen-bond donors (Lipinski definition) is 1. The van der Waals surface area contributed by atoms with E-state index in [1.54, 1.807) is 12.1 Å². The van der Waals surface area contributed by atoms with Gasteiger partial charge in [0.1, 0.15) is 0 Å². The number of hydrogen-bond acceptors (Lipinski definition) is 1. The summed E-state index contributed by atoms with van der Waals surface area (Å²) < 4.78 is 13.7. The van der Waals surface area contributed by atoms with Gasteiger partial charge in [0, 0.05) is 0 Å². The summed E-state index contributed by atoms with van der Waals surface area (Å²) in [6, 6.07) is 3.36. The van der Waals surface area contributed by atoms with Crippen molar-refractivity contribution in [1.82, 2.24) is 0 Å². The minimum atomic E-state index is -1.36. The van der Waals surface area contributed by atoms with Gasteiger partial charge in [-0.2, -0.15) is 0 Å². The Morgan fingerprint density at radius 1 is 0.893 bits per heavy atom. The van der Waals surface area contributed by atoms with Crippen LogP contribution in [0.25, 0.3) is 0 Å². The van der Waals surface area contributed by atoms with Crippen molar-refractivity contribution < 1.29 is 4.39 Å². The summed E-state index contributed by atoms with van der Waals surface area (Å²) in [5, 5.41) is 4.41. The topological polar surface area (TPSA) is 12.0 Å². The minimum absolute atomic E-state index is 0.114. The van der Waals surface area contributed by atoms with Crippen molar-refractivity contribution in [2.45, 2.75) is 97.6 Å². The van der Waals surface area contributed by atoms with E-state index in [-0.39, 0.29) is 5.82 Å². The van der Waals surface area contributed by atoms with Gasteiger partial charge in [0.25, 0.3) is 0 Å². The van der Waals surface area contributed by atoms with E-state index in [1.807, 2.05) is 13.8 Å². The number of aryl methyl sites for hydroxylation is 2. The molecule has 3 heteroatoms. The molecule has 0 bridgehead atoms. The zero-order valence-corrected chi connectivity index (χ0v) is 20.2. The van der Waals surface area contributed by atoms with Gasteiger partial charge in [0.15, 0.2) is 0 Å². The van der Waals surface area contributed by atoms with Crippen LogP contribution in [0.4, 0.5) is 10.1 Å². The molecule has 0 unspecified atom stereocenters. The molecular weight excluding hydrogens is 364 g/mol. The fraction of sp³-hybridized carbons (Fsp3) is 0.760. The predicted molar refractivity (Wildman–Crippen MR) is 129 cm³/mol. The fourth-order valence-electron chi connectivity index (χ4n) is 5.66. The monoisotopic (exact) mass is 409 g/mol. The van der Waals surface area contributed by atoms with Crippen LogP contribution < -0.4 is 5.32 Å². The number of anilines is 1. The summed E-state index contributed by atoms with van der Waals surface area (Å²) in [6.07, 6.45) is 17.0. The van der Waals surface area contributed by atoms with Crippen LogP contribution in [0.2, 0.25) is 0 Å².